The van der Waals surface area contributed by atoms with Gasteiger partial charge in [0.2, 0.25) is 0 Å². The molecule has 0 atom stereocenters. The van der Waals surface area contributed by atoms with E-state index < -0.39 is 0 Å². The van der Waals surface area contributed by atoms with Crippen molar-refractivity contribution in [3.05, 3.63) is 218 Å². The van der Waals surface area contributed by atoms with Crippen molar-refractivity contribution in [2.75, 3.05) is 4.90 Å². The largest absolute Gasteiger partial charge is 0.455 e. The van der Waals surface area contributed by atoms with Crippen molar-refractivity contribution in [3.8, 4) is 22.3 Å². The minimum Gasteiger partial charge on any atom is -0.455 e. The molecule has 0 aliphatic heterocycles. The molecule has 0 saturated heterocycles. The highest BCUT2D eigenvalue weighted by atomic mass is 32.1. The van der Waals surface area contributed by atoms with Crippen LogP contribution in [0.2, 0.25) is 0 Å². The van der Waals surface area contributed by atoms with E-state index in [4.69, 9.17) is 4.42 Å². The summed E-state index contributed by atoms with van der Waals surface area (Å²) in [6.07, 6.45) is 6.21. The Morgan fingerprint density at radius 2 is 1.10 bits per heavy atom. The number of hydrogen-bond acceptors (Lipinski definition) is 3. The molecule has 2 aromatic heterocycles. The van der Waals surface area contributed by atoms with Gasteiger partial charge in [0, 0.05) is 37.5 Å². The highest BCUT2D eigenvalue weighted by Crippen LogP contribution is 2.46. The van der Waals surface area contributed by atoms with Crippen molar-refractivity contribution in [3.63, 3.8) is 0 Å². The Balaban J connectivity index is 1.03. The Hall–Kier alpha value is -7.46. The van der Waals surface area contributed by atoms with Crippen LogP contribution in [0.15, 0.2) is 205 Å². The zero-order valence-corrected chi connectivity index (χ0v) is 33.0. The Morgan fingerprint density at radius 1 is 0.458 bits per heavy atom. The molecule has 2 heterocycles. The van der Waals surface area contributed by atoms with E-state index in [0.29, 0.717) is 0 Å². The molecule has 9 aromatic carbocycles. The van der Waals surface area contributed by atoms with Crippen molar-refractivity contribution >= 4 is 99.3 Å². The number of nitrogens with zero attached hydrogens (tertiary/aromatic N) is 1. The monoisotopic (exact) mass is 771 g/mol. The number of furan rings is 1. The lowest BCUT2D eigenvalue weighted by Gasteiger charge is -2.28. The van der Waals surface area contributed by atoms with Gasteiger partial charge in [-0.15, -0.1) is 11.3 Å². The zero-order chi connectivity index (χ0) is 39.3. The number of benzene rings is 9. The molecule has 11 aromatic rings. The third-order valence-electron chi connectivity index (χ3n) is 11.5. The number of hydrogen-bond donors (Lipinski definition) is 0. The average molecular weight is 772 g/mol. The topological polar surface area (TPSA) is 16.4 Å². The van der Waals surface area contributed by atoms with E-state index in [0.717, 1.165) is 55.7 Å². The Morgan fingerprint density at radius 3 is 1.97 bits per heavy atom. The summed E-state index contributed by atoms with van der Waals surface area (Å²) < 4.78 is 8.99. The van der Waals surface area contributed by atoms with Crippen LogP contribution < -0.4 is 4.90 Å². The fourth-order valence-corrected chi connectivity index (χ4v) is 9.76. The smallest absolute Gasteiger partial charge is 0.143 e. The second-order valence-corrected chi connectivity index (χ2v) is 16.0. The van der Waals surface area contributed by atoms with Crippen molar-refractivity contribution < 1.29 is 4.42 Å². The fraction of sp³-hybridized carbons (Fsp3) is 0. The molecule has 0 radical (unpaired) electrons. The second kappa shape index (κ2) is 14.5. The maximum atomic E-state index is 6.46. The number of thiophene rings is 1. The van der Waals surface area contributed by atoms with Crippen LogP contribution in [0.1, 0.15) is 16.9 Å². The highest BCUT2D eigenvalue weighted by Gasteiger charge is 2.20. The van der Waals surface area contributed by atoms with Crippen LogP contribution in [-0.4, -0.2) is 0 Å². The predicted molar refractivity (Wildman–Crippen MR) is 255 cm³/mol. The summed E-state index contributed by atoms with van der Waals surface area (Å²) >= 11 is 1.85. The average Bonchev–Trinajstić information content (AvgIpc) is 3.88. The van der Waals surface area contributed by atoms with Crippen LogP contribution in [0.3, 0.4) is 0 Å². The lowest BCUT2D eigenvalue weighted by Crippen LogP contribution is -2.11. The predicted octanol–water partition coefficient (Wildman–Crippen LogP) is 16.7. The zero-order valence-electron chi connectivity index (χ0n) is 32.2. The van der Waals surface area contributed by atoms with E-state index in [1.807, 2.05) is 17.4 Å². The number of anilines is 3. The first-order valence-corrected chi connectivity index (χ1v) is 20.8. The van der Waals surface area contributed by atoms with Crippen molar-refractivity contribution in [2.24, 2.45) is 0 Å². The molecule has 59 heavy (non-hydrogen) atoms. The first kappa shape index (κ1) is 34.8. The normalized spacial score (nSPS) is 11.7. The summed E-state index contributed by atoms with van der Waals surface area (Å²) in [5.74, 6) is 0.761. The third-order valence-corrected chi connectivity index (χ3v) is 12.7. The molecule has 11 rings (SSSR count). The van der Waals surface area contributed by atoms with Gasteiger partial charge in [0.15, 0.2) is 0 Å². The molecular formula is C56H37NOS. The Kier molecular flexibility index (Phi) is 8.53. The lowest BCUT2D eigenvalue weighted by molar-refractivity contribution is 0.607. The molecule has 278 valence electrons. The Labute approximate surface area is 346 Å². The summed E-state index contributed by atoms with van der Waals surface area (Å²) in [7, 11) is 0. The van der Waals surface area contributed by atoms with Crippen LogP contribution >= 0.6 is 11.3 Å². The highest BCUT2D eigenvalue weighted by molar-refractivity contribution is 7.26. The van der Waals surface area contributed by atoms with Crippen molar-refractivity contribution in [2.45, 2.75) is 0 Å². The molecule has 0 aliphatic carbocycles. The first-order chi connectivity index (χ1) is 29.2. The summed E-state index contributed by atoms with van der Waals surface area (Å²) in [6, 6.07) is 69.9. The van der Waals surface area contributed by atoms with Gasteiger partial charge < -0.3 is 9.32 Å². The lowest BCUT2D eigenvalue weighted by atomic mass is 9.97. The summed E-state index contributed by atoms with van der Waals surface area (Å²) in [5, 5.41) is 8.35. The van der Waals surface area contributed by atoms with Gasteiger partial charge >= 0.3 is 0 Å². The van der Waals surface area contributed by atoms with Crippen LogP contribution in [0.5, 0.6) is 0 Å². The molecule has 3 heteroatoms. The van der Waals surface area contributed by atoms with Gasteiger partial charge in [-0.05, 0) is 105 Å². The summed E-state index contributed by atoms with van der Waals surface area (Å²) in [5.41, 5.74) is 11.1. The van der Waals surface area contributed by atoms with Gasteiger partial charge in [-0.25, -0.2) is 0 Å². The quantitative estimate of drug-likeness (QED) is 0.153. The Bertz CT molecular complexity index is 3420. The molecule has 0 amide bonds. The number of rotatable bonds is 8. The van der Waals surface area contributed by atoms with Crippen LogP contribution in [0.4, 0.5) is 17.1 Å². The minimum absolute atomic E-state index is 0.761. The SMILES string of the molecule is C=Cc1oc2c(ccc3ccccc32)c1/C=C/c1ccccc1N(c1ccc(-c2cccc(-c3ccc4ccccc4c3)c2)cc1)c1cccc2c1sc1ccccc12. The first-order valence-electron chi connectivity index (χ1n) is 19.9. The number of fused-ring (bicyclic) bond motifs is 7. The van der Waals surface area contributed by atoms with E-state index in [2.05, 4.69) is 218 Å². The summed E-state index contributed by atoms with van der Waals surface area (Å²) in [4.78, 5) is 2.42. The van der Waals surface area contributed by atoms with E-state index in [1.54, 1.807) is 0 Å². The van der Waals surface area contributed by atoms with E-state index in [-0.39, 0.29) is 0 Å². The molecule has 0 aliphatic rings. The van der Waals surface area contributed by atoms with Gasteiger partial charge in [-0.2, -0.15) is 0 Å². The molecule has 0 unspecified atom stereocenters. The summed E-state index contributed by atoms with van der Waals surface area (Å²) in [6.45, 7) is 4.12. The minimum atomic E-state index is 0.761. The van der Waals surface area contributed by atoms with Crippen LogP contribution in [0, 0.1) is 0 Å². The fourth-order valence-electron chi connectivity index (χ4n) is 8.56. The van der Waals surface area contributed by atoms with Crippen LogP contribution in [-0.2, 0) is 0 Å². The molecule has 0 N–H and O–H groups in total. The maximum Gasteiger partial charge on any atom is 0.143 e. The molecule has 2 nitrogen and oxygen atoms in total. The van der Waals surface area contributed by atoms with Gasteiger partial charge in [0.25, 0.3) is 0 Å². The third kappa shape index (κ3) is 6.12. The van der Waals surface area contributed by atoms with Crippen LogP contribution in [0.25, 0.3) is 93.2 Å². The second-order valence-electron chi connectivity index (χ2n) is 14.9. The van der Waals surface area contributed by atoms with Gasteiger partial charge in [-0.3, -0.25) is 0 Å². The standard InChI is InChI=1S/C56H37NOS/c1-2-53-47(49-34-29-39-14-5-7-19-46(39)55(49)58-53)33-30-40-15-6-9-22-51(40)57(52-23-12-21-50-48-20-8-10-24-54(48)59-56(50)52)45-31-27-38(28-32-45)42-17-11-18-43(35-42)44-26-25-37-13-3-4-16-41(37)36-44/h2-36H,1H2/b33-30+. The molecule has 0 fully saturated rings. The maximum absolute atomic E-state index is 6.46. The molecular weight excluding hydrogens is 735 g/mol. The molecule has 0 spiro atoms. The van der Waals surface area contributed by atoms with Gasteiger partial charge in [0.05, 0.1) is 16.1 Å². The van der Waals surface area contributed by atoms with Crippen molar-refractivity contribution in [1.29, 1.82) is 0 Å². The molecule has 0 saturated carbocycles. The van der Waals surface area contributed by atoms with Gasteiger partial charge in [-0.1, -0.05) is 158 Å². The van der Waals surface area contributed by atoms with E-state index >= 15 is 0 Å². The van der Waals surface area contributed by atoms with E-state index in [1.165, 1.54) is 53.2 Å². The van der Waals surface area contributed by atoms with E-state index in [9.17, 15) is 0 Å². The molecule has 0 bridgehead atoms. The number of para-hydroxylation sites is 1. The van der Waals surface area contributed by atoms with Crippen molar-refractivity contribution in [1.82, 2.24) is 0 Å². The van der Waals surface area contributed by atoms with Gasteiger partial charge in [0.1, 0.15) is 11.3 Å².